The van der Waals surface area contributed by atoms with Gasteiger partial charge in [0.05, 0.1) is 4.90 Å². The summed E-state index contributed by atoms with van der Waals surface area (Å²) >= 11 is 0. The van der Waals surface area contributed by atoms with Gasteiger partial charge < -0.3 is 5.73 Å². The standard InChI is InChI=1S/C16H26N2O2S/c1-4-16(6-5-7-16)11-18-21(19,20)15-9-14(10-17)8-12(2)13(15)3/h8-9,18H,4-7,10-11,17H2,1-3H3. The Bertz CT molecular complexity index is 614. The highest BCUT2D eigenvalue weighted by Gasteiger charge is 2.36. The third-order valence-corrected chi connectivity index (χ3v) is 6.53. The average molecular weight is 310 g/mol. The highest BCUT2D eigenvalue weighted by Crippen LogP contribution is 2.43. The zero-order valence-corrected chi connectivity index (χ0v) is 14.0. The molecule has 1 aliphatic carbocycles. The molecular weight excluding hydrogens is 284 g/mol. The number of hydrogen-bond donors (Lipinski definition) is 2. The highest BCUT2D eigenvalue weighted by molar-refractivity contribution is 7.89. The van der Waals surface area contributed by atoms with Crippen LogP contribution in [-0.4, -0.2) is 15.0 Å². The Kier molecular flexibility index (Phi) is 4.76. The smallest absolute Gasteiger partial charge is 0.240 e. The van der Waals surface area contributed by atoms with E-state index in [1.54, 1.807) is 6.07 Å². The number of nitrogens with one attached hydrogen (secondary N) is 1. The van der Waals surface area contributed by atoms with E-state index in [4.69, 9.17) is 5.73 Å². The molecule has 0 aliphatic heterocycles. The Hall–Kier alpha value is -0.910. The summed E-state index contributed by atoms with van der Waals surface area (Å²) in [6.07, 6.45) is 4.46. The summed E-state index contributed by atoms with van der Waals surface area (Å²) in [5, 5.41) is 0. The first-order valence-corrected chi connectivity index (χ1v) is 9.12. The Morgan fingerprint density at radius 3 is 2.43 bits per heavy atom. The molecular formula is C16H26N2O2S. The van der Waals surface area contributed by atoms with Crippen molar-refractivity contribution < 1.29 is 8.42 Å². The number of nitrogens with two attached hydrogens (primary N) is 1. The van der Waals surface area contributed by atoms with Crippen molar-refractivity contribution in [2.45, 2.75) is 57.9 Å². The maximum Gasteiger partial charge on any atom is 0.240 e. The van der Waals surface area contributed by atoms with Crippen LogP contribution in [0.25, 0.3) is 0 Å². The summed E-state index contributed by atoms with van der Waals surface area (Å²) in [7, 11) is -3.47. The molecule has 3 N–H and O–H groups in total. The summed E-state index contributed by atoms with van der Waals surface area (Å²) < 4.78 is 28.1. The molecule has 2 rings (SSSR count). The van der Waals surface area contributed by atoms with Crippen molar-refractivity contribution in [1.29, 1.82) is 0 Å². The summed E-state index contributed by atoms with van der Waals surface area (Å²) in [6, 6.07) is 3.65. The quantitative estimate of drug-likeness (QED) is 0.848. The first-order valence-electron chi connectivity index (χ1n) is 7.63. The van der Waals surface area contributed by atoms with Gasteiger partial charge in [-0.25, -0.2) is 13.1 Å². The third-order valence-electron chi connectivity index (χ3n) is 5.01. The number of benzene rings is 1. The van der Waals surface area contributed by atoms with Crippen molar-refractivity contribution in [1.82, 2.24) is 4.72 Å². The van der Waals surface area contributed by atoms with Gasteiger partial charge in [0, 0.05) is 13.1 Å². The van der Waals surface area contributed by atoms with E-state index < -0.39 is 10.0 Å². The lowest BCUT2D eigenvalue weighted by molar-refractivity contribution is 0.133. The van der Waals surface area contributed by atoms with E-state index in [1.807, 2.05) is 19.9 Å². The second kappa shape index (κ2) is 6.07. The fourth-order valence-electron chi connectivity index (χ4n) is 2.95. The average Bonchev–Trinajstić information content (AvgIpc) is 2.40. The van der Waals surface area contributed by atoms with Crippen molar-refractivity contribution in [2.75, 3.05) is 6.54 Å². The molecule has 0 bridgehead atoms. The van der Waals surface area contributed by atoms with Crippen LogP contribution in [-0.2, 0) is 16.6 Å². The van der Waals surface area contributed by atoms with E-state index in [9.17, 15) is 8.42 Å². The van der Waals surface area contributed by atoms with Crippen LogP contribution < -0.4 is 10.5 Å². The lowest BCUT2D eigenvalue weighted by atomic mass is 9.67. The first-order chi connectivity index (χ1) is 9.83. The van der Waals surface area contributed by atoms with Crippen LogP contribution in [0, 0.1) is 19.3 Å². The van der Waals surface area contributed by atoms with Gasteiger partial charge in [-0.05, 0) is 61.3 Å². The van der Waals surface area contributed by atoms with Crippen molar-refractivity contribution in [3.05, 3.63) is 28.8 Å². The van der Waals surface area contributed by atoms with Gasteiger partial charge in [-0.1, -0.05) is 19.4 Å². The highest BCUT2D eigenvalue weighted by atomic mass is 32.2. The maximum atomic E-state index is 12.6. The number of rotatable bonds is 6. The van der Waals surface area contributed by atoms with Crippen LogP contribution in [0.3, 0.4) is 0 Å². The molecule has 1 aromatic carbocycles. The van der Waals surface area contributed by atoms with E-state index >= 15 is 0 Å². The Balaban J connectivity index is 2.25. The van der Waals surface area contributed by atoms with Crippen LogP contribution in [0.4, 0.5) is 0 Å². The largest absolute Gasteiger partial charge is 0.326 e. The molecule has 118 valence electrons. The van der Waals surface area contributed by atoms with Gasteiger partial charge in [0.2, 0.25) is 10.0 Å². The summed E-state index contributed by atoms with van der Waals surface area (Å²) in [5.41, 5.74) is 8.45. The summed E-state index contributed by atoms with van der Waals surface area (Å²) in [6.45, 7) is 6.80. The van der Waals surface area contributed by atoms with Crippen molar-refractivity contribution >= 4 is 10.0 Å². The van der Waals surface area contributed by atoms with Gasteiger partial charge in [0.15, 0.2) is 0 Å². The monoisotopic (exact) mass is 310 g/mol. The SMILES string of the molecule is CCC1(CNS(=O)(=O)c2cc(CN)cc(C)c2C)CCC1. The molecule has 21 heavy (non-hydrogen) atoms. The molecule has 0 amide bonds. The Labute approximate surface area is 128 Å². The fourth-order valence-corrected chi connectivity index (χ4v) is 4.48. The fraction of sp³-hybridized carbons (Fsp3) is 0.625. The minimum atomic E-state index is -3.47. The molecule has 1 fully saturated rings. The van der Waals surface area contributed by atoms with Gasteiger partial charge in [-0.2, -0.15) is 0 Å². The second-order valence-corrected chi connectivity index (χ2v) is 8.01. The first kappa shape index (κ1) is 16.5. The molecule has 0 spiro atoms. The molecule has 4 nitrogen and oxygen atoms in total. The van der Waals surface area contributed by atoms with Crippen LogP contribution >= 0.6 is 0 Å². The molecule has 0 saturated heterocycles. The normalized spacial score (nSPS) is 17.5. The topological polar surface area (TPSA) is 72.2 Å². The third kappa shape index (κ3) is 3.30. The van der Waals surface area contributed by atoms with E-state index in [1.165, 1.54) is 6.42 Å². The summed E-state index contributed by atoms with van der Waals surface area (Å²) in [5.74, 6) is 0. The molecule has 1 aromatic rings. The molecule has 0 aromatic heterocycles. The van der Waals surface area contributed by atoms with Gasteiger partial charge in [0.1, 0.15) is 0 Å². The molecule has 1 aliphatic rings. The Morgan fingerprint density at radius 1 is 1.29 bits per heavy atom. The van der Waals surface area contributed by atoms with Crippen molar-refractivity contribution in [2.24, 2.45) is 11.1 Å². The zero-order chi connectivity index (χ0) is 15.7. The van der Waals surface area contributed by atoms with Crippen molar-refractivity contribution in [3.8, 4) is 0 Å². The molecule has 5 heteroatoms. The predicted octanol–water partition coefficient (Wildman–Crippen LogP) is 2.62. The van der Waals surface area contributed by atoms with E-state index in [0.717, 1.165) is 36.0 Å². The number of sulfonamides is 1. The minimum Gasteiger partial charge on any atom is -0.326 e. The predicted molar refractivity (Wildman–Crippen MR) is 85.6 cm³/mol. The molecule has 0 unspecified atom stereocenters. The van der Waals surface area contributed by atoms with Gasteiger partial charge in [0.25, 0.3) is 0 Å². The van der Waals surface area contributed by atoms with Crippen molar-refractivity contribution in [3.63, 3.8) is 0 Å². The molecule has 0 heterocycles. The maximum absolute atomic E-state index is 12.6. The number of aryl methyl sites for hydroxylation is 1. The van der Waals surface area contributed by atoms with E-state index in [0.29, 0.717) is 18.0 Å². The number of hydrogen-bond acceptors (Lipinski definition) is 3. The molecule has 0 radical (unpaired) electrons. The zero-order valence-electron chi connectivity index (χ0n) is 13.2. The van der Waals surface area contributed by atoms with Crippen LogP contribution in [0.2, 0.25) is 0 Å². The Morgan fingerprint density at radius 2 is 1.95 bits per heavy atom. The van der Waals surface area contributed by atoms with Crippen LogP contribution in [0.1, 0.15) is 49.3 Å². The molecule has 0 atom stereocenters. The van der Waals surface area contributed by atoms with Gasteiger partial charge in [-0.3, -0.25) is 0 Å². The van der Waals surface area contributed by atoms with E-state index in [-0.39, 0.29) is 5.41 Å². The lowest BCUT2D eigenvalue weighted by Gasteiger charge is -2.41. The molecule has 1 saturated carbocycles. The summed E-state index contributed by atoms with van der Waals surface area (Å²) in [4.78, 5) is 0.369. The van der Waals surface area contributed by atoms with E-state index in [2.05, 4.69) is 11.6 Å². The lowest BCUT2D eigenvalue weighted by Crippen LogP contribution is -2.41. The second-order valence-electron chi connectivity index (χ2n) is 6.27. The minimum absolute atomic E-state index is 0.168. The van der Waals surface area contributed by atoms with Crippen LogP contribution in [0.5, 0.6) is 0 Å². The van der Waals surface area contributed by atoms with Crippen LogP contribution in [0.15, 0.2) is 17.0 Å². The van der Waals surface area contributed by atoms with Gasteiger partial charge >= 0.3 is 0 Å². The van der Waals surface area contributed by atoms with Gasteiger partial charge in [-0.15, -0.1) is 0 Å².